The van der Waals surface area contributed by atoms with E-state index < -0.39 is 0 Å². The highest BCUT2D eigenvalue weighted by atomic mass is 16.1. The summed E-state index contributed by atoms with van der Waals surface area (Å²) in [5.41, 5.74) is 9.98. The number of ketones is 1. The fourth-order valence-corrected chi connectivity index (χ4v) is 3.40. The molecule has 0 saturated heterocycles. The van der Waals surface area contributed by atoms with Crippen LogP contribution in [0.2, 0.25) is 0 Å². The first kappa shape index (κ1) is 17.8. The highest BCUT2D eigenvalue weighted by Crippen LogP contribution is 2.33. The van der Waals surface area contributed by atoms with E-state index in [4.69, 9.17) is 5.73 Å². The number of anilines is 2. The molecule has 2 N–H and O–H groups in total. The maximum atomic E-state index is 12.7. The molecule has 3 heterocycles. The molecule has 0 radical (unpaired) electrons. The van der Waals surface area contributed by atoms with Gasteiger partial charge >= 0.3 is 0 Å². The third-order valence-electron chi connectivity index (χ3n) is 4.94. The zero-order valence-electron chi connectivity index (χ0n) is 15.4. The van der Waals surface area contributed by atoms with Gasteiger partial charge in [-0.2, -0.15) is 0 Å². The van der Waals surface area contributed by atoms with Crippen molar-refractivity contribution in [2.24, 2.45) is 0 Å². The van der Waals surface area contributed by atoms with Crippen molar-refractivity contribution >= 4 is 23.6 Å². The second-order valence-corrected chi connectivity index (χ2v) is 6.72. The van der Waals surface area contributed by atoms with Crippen LogP contribution in [0.5, 0.6) is 0 Å². The SMILES string of the molecule is CC(C=O)N1CCc2ccc(-c3cnc(N)c(C(=O)c4cccnc4)n3)cc21. The van der Waals surface area contributed by atoms with Gasteiger partial charge in [0.05, 0.1) is 17.9 Å². The zero-order valence-corrected chi connectivity index (χ0v) is 15.4. The molecule has 3 aromatic rings. The van der Waals surface area contributed by atoms with Crippen LogP contribution >= 0.6 is 0 Å². The maximum Gasteiger partial charge on any atom is 0.216 e. The molecule has 7 nitrogen and oxygen atoms in total. The van der Waals surface area contributed by atoms with Gasteiger partial charge in [0.25, 0.3) is 0 Å². The average molecular weight is 373 g/mol. The molecular weight excluding hydrogens is 354 g/mol. The van der Waals surface area contributed by atoms with Crippen LogP contribution in [-0.2, 0) is 11.2 Å². The molecule has 0 fully saturated rings. The molecule has 0 amide bonds. The summed E-state index contributed by atoms with van der Waals surface area (Å²) >= 11 is 0. The minimum Gasteiger partial charge on any atom is -0.382 e. The van der Waals surface area contributed by atoms with E-state index in [1.54, 1.807) is 24.5 Å². The van der Waals surface area contributed by atoms with Gasteiger partial charge in [-0.05, 0) is 37.1 Å². The predicted octanol–water partition coefficient (Wildman–Crippen LogP) is 2.30. The molecule has 0 saturated carbocycles. The van der Waals surface area contributed by atoms with E-state index >= 15 is 0 Å². The van der Waals surface area contributed by atoms with E-state index in [0.717, 1.165) is 30.5 Å². The average Bonchev–Trinajstić information content (AvgIpc) is 3.17. The van der Waals surface area contributed by atoms with Gasteiger partial charge in [0.1, 0.15) is 6.29 Å². The molecule has 0 spiro atoms. The summed E-state index contributed by atoms with van der Waals surface area (Å²) in [5.74, 6) is -0.243. The Labute approximate surface area is 162 Å². The Morgan fingerprint density at radius 3 is 2.89 bits per heavy atom. The summed E-state index contributed by atoms with van der Waals surface area (Å²) in [6.45, 7) is 2.68. The smallest absolute Gasteiger partial charge is 0.216 e. The molecule has 7 heteroatoms. The molecule has 0 bridgehead atoms. The Kier molecular flexibility index (Phi) is 4.57. The molecule has 2 aromatic heterocycles. The molecule has 1 unspecified atom stereocenters. The van der Waals surface area contributed by atoms with Crippen LogP contribution < -0.4 is 10.6 Å². The first-order valence-corrected chi connectivity index (χ1v) is 9.01. The van der Waals surface area contributed by atoms with Gasteiger partial charge in [0, 0.05) is 35.8 Å². The number of aldehydes is 1. The Bertz CT molecular complexity index is 1050. The Morgan fingerprint density at radius 2 is 2.14 bits per heavy atom. The van der Waals surface area contributed by atoms with Gasteiger partial charge in [-0.15, -0.1) is 0 Å². The van der Waals surface area contributed by atoms with Crippen LogP contribution in [0.3, 0.4) is 0 Å². The van der Waals surface area contributed by atoms with Crippen LogP contribution in [0.4, 0.5) is 11.5 Å². The van der Waals surface area contributed by atoms with E-state index in [1.165, 1.54) is 11.8 Å². The van der Waals surface area contributed by atoms with Crippen molar-refractivity contribution in [2.45, 2.75) is 19.4 Å². The monoisotopic (exact) mass is 373 g/mol. The number of carbonyl (C=O) groups is 2. The molecular formula is C21H19N5O2. The van der Waals surface area contributed by atoms with Crippen molar-refractivity contribution < 1.29 is 9.59 Å². The lowest BCUT2D eigenvalue weighted by molar-refractivity contribution is -0.108. The van der Waals surface area contributed by atoms with Crippen molar-refractivity contribution in [1.82, 2.24) is 15.0 Å². The lowest BCUT2D eigenvalue weighted by Gasteiger charge is -2.23. The Morgan fingerprint density at radius 1 is 1.29 bits per heavy atom. The summed E-state index contributed by atoms with van der Waals surface area (Å²) in [5, 5.41) is 0. The summed E-state index contributed by atoms with van der Waals surface area (Å²) in [6.07, 6.45) is 6.46. The third kappa shape index (κ3) is 3.11. The number of carbonyl (C=O) groups excluding carboxylic acids is 2. The largest absolute Gasteiger partial charge is 0.382 e. The lowest BCUT2D eigenvalue weighted by Crippen LogP contribution is -2.32. The van der Waals surface area contributed by atoms with Gasteiger partial charge in [-0.1, -0.05) is 12.1 Å². The topological polar surface area (TPSA) is 102 Å². The zero-order chi connectivity index (χ0) is 19.7. The molecule has 1 aromatic carbocycles. The first-order valence-electron chi connectivity index (χ1n) is 9.01. The van der Waals surface area contributed by atoms with Gasteiger partial charge in [-0.3, -0.25) is 9.78 Å². The van der Waals surface area contributed by atoms with Gasteiger partial charge < -0.3 is 15.4 Å². The van der Waals surface area contributed by atoms with E-state index in [9.17, 15) is 9.59 Å². The van der Waals surface area contributed by atoms with Crippen molar-refractivity contribution in [1.29, 1.82) is 0 Å². The lowest BCUT2D eigenvalue weighted by atomic mass is 10.1. The number of hydrogen-bond donors (Lipinski definition) is 1. The second-order valence-electron chi connectivity index (χ2n) is 6.72. The molecule has 28 heavy (non-hydrogen) atoms. The summed E-state index contributed by atoms with van der Waals surface area (Å²) in [7, 11) is 0. The highest BCUT2D eigenvalue weighted by Gasteiger charge is 2.24. The Balaban J connectivity index is 1.73. The number of fused-ring (bicyclic) bond motifs is 1. The van der Waals surface area contributed by atoms with E-state index in [2.05, 4.69) is 19.9 Å². The summed E-state index contributed by atoms with van der Waals surface area (Å²) in [4.78, 5) is 38.7. The van der Waals surface area contributed by atoms with E-state index in [1.807, 2.05) is 25.1 Å². The first-order chi connectivity index (χ1) is 13.6. The summed E-state index contributed by atoms with van der Waals surface area (Å²) in [6, 6.07) is 9.12. The number of pyridine rings is 1. The highest BCUT2D eigenvalue weighted by molar-refractivity contribution is 6.10. The number of aromatic nitrogens is 3. The fraction of sp³-hybridized carbons (Fsp3) is 0.190. The Hall–Kier alpha value is -3.61. The summed E-state index contributed by atoms with van der Waals surface area (Å²) < 4.78 is 0. The molecule has 1 aliphatic rings. The predicted molar refractivity (Wildman–Crippen MR) is 106 cm³/mol. The van der Waals surface area contributed by atoms with Crippen molar-refractivity contribution in [3.8, 4) is 11.3 Å². The van der Waals surface area contributed by atoms with Crippen LogP contribution in [0.1, 0.15) is 28.5 Å². The molecule has 1 atom stereocenters. The number of hydrogen-bond acceptors (Lipinski definition) is 7. The quantitative estimate of drug-likeness (QED) is 0.541. The van der Waals surface area contributed by atoms with Crippen LogP contribution in [0, 0.1) is 0 Å². The minimum absolute atomic E-state index is 0.0787. The number of nitrogens with zero attached hydrogens (tertiary/aromatic N) is 4. The van der Waals surface area contributed by atoms with Crippen molar-refractivity contribution in [2.75, 3.05) is 17.2 Å². The fourth-order valence-electron chi connectivity index (χ4n) is 3.40. The molecule has 140 valence electrons. The molecule has 4 rings (SSSR count). The van der Waals surface area contributed by atoms with Crippen LogP contribution in [0.25, 0.3) is 11.3 Å². The standard InChI is InChI=1S/C21H19N5O2/c1-13(12-27)26-8-6-14-4-5-15(9-18(14)26)17-11-24-21(22)19(25-17)20(28)16-3-2-7-23-10-16/h2-5,7,9-13H,6,8H2,1H3,(H2,22,24). The molecule has 0 aliphatic carbocycles. The number of nitrogen functional groups attached to an aromatic ring is 1. The maximum absolute atomic E-state index is 12.7. The normalized spacial score (nSPS) is 13.8. The number of rotatable bonds is 5. The van der Waals surface area contributed by atoms with E-state index in [0.29, 0.717) is 11.3 Å². The van der Waals surface area contributed by atoms with Gasteiger partial charge in [0.2, 0.25) is 5.78 Å². The number of nitrogens with two attached hydrogens (primary N) is 1. The van der Waals surface area contributed by atoms with Crippen LogP contribution in [0.15, 0.2) is 48.9 Å². The number of benzene rings is 1. The van der Waals surface area contributed by atoms with Crippen molar-refractivity contribution in [3.05, 3.63) is 65.7 Å². The minimum atomic E-state index is -0.322. The van der Waals surface area contributed by atoms with Crippen molar-refractivity contribution in [3.63, 3.8) is 0 Å². The van der Waals surface area contributed by atoms with Gasteiger partial charge in [0.15, 0.2) is 11.5 Å². The van der Waals surface area contributed by atoms with Crippen LogP contribution in [-0.4, -0.2) is 39.6 Å². The second kappa shape index (κ2) is 7.19. The molecule has 1 aliphatic heterocycles. The third-order valence-corrected chi connectivity index (χ3v) is 4.94. The van der Waals surface area contributed by atoms with Gasteiger partial charge in [-0.25, -0.2) is 9.97 Å². The van der Waals surface area contributed by atoms with E-state index in [-0.39, 0.29) is 23.3 Å².